The number of rotatable bonds is 8. The van der Waals surface area contributed by atoms with E-state index >= 15 is 0 Å². The number of ether oxygens (including phenoxy) is 1. The average Bonchev–Trinajstić information content (AvgIpc) is 3.19. The van der Waals surface area contributed by atoms with E-state index in [1.54, 1.807) is 12.1 Å². The first kappa shape index (κ1) is 14.8. The SMILES string of the molecule is CN(CCOCC1CC1)CC(O)c1ccc(Cl)cc1. The van der Waals surface area contributed by atoms with Crippen LogP contribution in [-0.2, 0) is 4.74 Å². The van der Waals surface area contributed by atoms with Crippen LogP contribution in [0.2, 0.25) is 5.02 Å². The summed E-state index contributed by atoms with van der Waals surface area (Å²) in [5, 5.41) is 10.8. The van der Waals surface area contributed by atoms with Gasteiger partial charge >= 0.3 is 0 Å². The highest BCUT2D eigenvalue weighted by atomic mass is 35.5. The third kappa shape index (κ3) is 5.49. The molecule has 106 valence electrons. The number of hydrogen-bond donors (Lipinski definition) is 1. The largest absolute Gasteiger partial charge is 0.387 e. The fourth-order valence-electron chi connectivity index (χ4n) is 1.93. The van der Waals surface area contributed by atoms with Crippen LogP contribution in [0.5, 0.6) is 0 Å². The molecule has 0 aliphatic heterocycles. The van der Waals surface area contributed by atoms with Gasteiger partial charge in [0.05, 0.1) is 12.7 Å². The molecular formula is C15H22ClNO2. The minimum absolute atomic E-state index is 0.481. The van der Waals surface area contributed by atoms with Crippen molar-refractivity contribution in [2.75, 3.05) is 33.4 Å². The summed E-state index contributed by atoms with van der Waals surface area (Å²) in [5.74, 6) is 0.810. The summed E-state index contributed by atoms with van der Waals surface area (Å²) in [7, 11) is 2.00. The van der Waals surface area contributed by atoms with Gasteiger partial charge in [-0.3, -0.25) is 0 Å². The van der Waals surface area contributed by atoms with Crippen molar-refractivity contribution in [3.8, 4) is 0 Å². The summed E-state index contributed by atoms with van der Waals surface area (Å²) in [5.41, 5.74) is 0.898. The van der Waals surface area contributed by atoms with Crippen molar-refractivity contribution in [3.63, 3.8) is 0 Å². The van der Waals surface area contributed by atoms with Gasteiger partial charge in [0, 0.05) is 24.7 Å². The molecule has 1 aromatic carbocycles. The molecule has 1 aromatic rings. The Kier molecular flexibility index (Phi) is 5.64. The number of nitrogens with zero attached hydrogens (tertiary/aromatic N) is 1. The fraction of sp³-hybridized carbons (Fsp3) is 0.600. The molecule has 1 N–H and O–H groups in total. The van der Waals surface area contributed by atoms with Crippen molar-refractivity contribution < 1.29 is 9.84 Å². The quantitative estimate of drug-likeness (QED) is 0.745. The fourth-order valence-corrected chi connectivity index (χ4v) is 2.06. The second-order valence-corrected chi connectivity index (χ2v) is 5.78. The molecule has 1 unspecified atom stereocenters. The molecule has 4 heteroatoms. The van der Waals surface area contributed by atoms with Gasteiger partial charge in [0.2, 0.25) is 0 Å². The van der Waals surface area contributed by atoms with Crippen LogP contribution >= 0.6 is 11.6 Å². The standard InChI is InChI=1S/C15H22ClNO2/c1-17(8-9-19-11-12-2-3-12)10-15(18)13-4-6-14(16)7-5-13/h4-7,12,15,18H,2-3,8-11H2,1H3. The zero-order valence-electron chi connectivity index (χ0n) is 11.4. The first-order valence-corrected chi connectivity index (χ1v) is 7.23. The van der Waals surface area contributed by atoms with Gasteiger partial charge < -0.3 is 14.7 Å². The topological polar surface area (TPSA) is 32.7 Å². The van der Waals surface area contributed by atoms with Crippen molar-refractivity contribution >= 4 is 11.6 Å². The molecule has 0 aromatic heterocycles. The Bertz CT molecular complexity index is 378. The van der Waals surface area contributed by atoms with Crippen LogP contribution in [0.1, 0.15) is 24.5 Å². The molecule has 1 atom stereocenters. The molecule has 0 spiro atoms. The maximum atomic E-state index is 10.1. The zero-order chi connectivity index (χ0) is 13.7. The van der Waals surface area contributed by atoms with Crippen molar-refractivity contribution in [3.05, 3.63) is 34.9 Å². The highest BCUT2D eigenvalue weighted by molar-refractivity contribution is 6.30. The summed E-state index contributed by atoms with van der Waals surface area (Å²) in [4.78, 5) is 2.09. The number of halogens is 1. The Morgan fingerprint density at radius 1 is 1.37 bits per heavy atom. The van der Waals surface area contributed by atoms with E-state index < -0.39 is 6.10 Å². The van der Waals surface area contributed by atoms with Crippen LogP contribution in [0.25, 0.3) is 0 Å². The molecule has 1 saturated carbocycles. The van der Waals surface area contributed by atoms with Crippen molar-refractivity contribution in [1.29, 1.82) is 0 Å². The van der Waals surface area contributed by atoms with Gasteiger partial charge in [-0.05, 0) is 43.5 Å². The molecule has 0 bridgehead atoms. The molecule has 1 aliphatic carbocycles. The minimum atomic E-state index is -0.481. The smallest absolute Gasteiger partial charge is 0.0916 e. The van der Waals surface area contributed by atoms with Crippen LogP contribution in [0.15, 0.2) is 24.3 Å². The van der Waals surface area contributed by atoms with Crippen molar-refractivity contribution in [2.45, 2.75) is 18.9 Å². The van der Waals surface area contributed by atoms with E-state index in [2.05, 4.69) is 4.90 Å². The Hall–Kier alpha value is -0.610. The van der Waals surface area contributed by atoms with E-state index in [0.717, 1.165) is 31.2 Å². The molecule has 1 fully saturated rings. The van der Waals surface area contributed by atoms with Gasteiger partial charge in [-0.2, -0.15) is 0 Å². The van der Waals surface area contributed by atoms with Gasteiger partial charge in [-0.15, -0.1) is 0 Å². The van der Waals surface area contributed by atoms with Gasteiger partial charge in [0.25, 0.3) is 0 Å². The van der Waals surface area contributed by atoms with Crippen LogP contribution < -0.4 is 0 Å². The lowest BCUT2D eigenvalue weighted by Crippen LogP contribution is -2.28. The Morgan fingerprint density at radius 2 is 2.05 bits per heavy atom. The summed E-state index contributed by atoms with van der Waals surface area (Å²) in [6, 6.07) is 7.34. The molecule has 0 saturated heterocycles. The third-order valence-corrected chi connectivity index (χ3v) is 3.66. The van der Waals surface area contributed by atoms with E-state index in [0.29, 0.717) is 11.6 Å². The summed E-state index contributed by atoms with van der Waals surface area (Å²) in [6.45, 7) is 3.08. The molecular weight excluding hydrogens is 262 g/mol. The Labute approximate surface area is 120 Å². The predicted molar refractivity (Wildman–Crippen MR) is 77.5 cm³/mol. The highest BCUT2D eigenvalue weighted by Crippen LogP contribution is 2.28. The van der Waals surface area contributed by atoms with Crippen LogP contribution in [0, 0.1) is 5.92 Å². The van der Waals surface area contributed by atoms with E-state index in [1.807, 2.05) is 19.2 Å². The van der Waals surface area contributed by atoms with Crippen LogP contribution in [-0.4, -0.2) is 43.4 Å². The van der Waals surface area contributed by atoms with Crippen LogP contribution in [0.3, 0.4) is 0 Å². The first-order valence-electron chi connectivity index (χ1n) is 6.85. The van der Waals surface area contributed by atoms with E-state index in [-0.39, 0.29) is 0 Å². The van der Waals surface area contributed by atoms with Crippen LogP contribution in [0.4, 0.5) is 0 Å². The second-order valence-electron chi connectivity index (χ2n) is 5.35. The third-order valence-electron chi connectivity index (χ3n) is 3.41. The zero-order valence-corrected chi connectivity index (χ0v) is 12.1. The maximum Gasteiger partial charge on any atom is 0.0916 e. The minimum Gasteiger partial charge on any atom is -0.387 e. The molecule has 0 heterocycles. The van der Waals surface area contributed by atoms with Gasteiger partial charge in [-0.25, -0.2) is 0 Å². The van der Waals surface area contributed by atoms with Crippen molar-refractivity contribution in [1.82, 2.24) is 4.90 Å². The van der Waals surface area contributed by atoms with E-state index in [4.69, 9.17) is 16.3 Å². The van der Waals surface area contributed by atoms with E-state index in [1.165, 1.54) is 12.8 Å². The monoisotopic (exact) mass is 283 g/mol. The summed E-state index contributed by atoms with van der Waals surface area (Å²) >= 11 is 5.83. The molecule has 2 rings (SSSR count). The second kappa shape index (κ2) is 7.25. The summed E-state index contributed by atoms with van der Waals surface area (Å²) in [6.07, 6.45) is 2.17. The number of aliphatic hydroxyl groups excluding tert-OH is 1. The Balaban J connectivity index is 1.65. The lowest BCUT2D eigenvalue weighted by molar-refractivity contribution is 0.0794. The van der Waals surface area contributed by atoms with Gasteiger partial charge in [0.15, 0.2) is 0 Å². The molecule has 1 aliphatic rings. The predicted octanol–water partition coefficient (Wildman–Crippen LogP) is 2.73. The number of aliphatic hydroxyl groups is 1. The van der Waals surface area contributed by atoms with Gasteiger partial charge in [-0.1, -0.05) is 23.7 Å². The lowest BCUT2D eigenvalue weighted by Gasteiger charge is -2.20. The lowest BCUT2D eigenvalue weighted by atomic mass is 10.1. The van der Waals surface area contributed by atoms with Gasteiger partial charge in [0.1, 0.15) is 0 Å². The Morgan fingerprint density at radius 3 is 2.68 bits per heavy atom. The first-order chi connectivity index (χ1) is 9.15. The number of likely N-dealkylation sites (N-methyl/N-ethyl adjacent to an activating group) is 1. The molecule has 0 radical (unpaired) electrons. The number of benzene rings is 1. The summed E-state index contributed by atoms with van der Waals surface area (Å²) < 4.78 is 5.59. The number of hydrogen-bond acceptors (Lipinski definition) is 3. The highest BCUT2D eigenvalue weighted by Gasteiger charge is 2.21. The van der Waals surface area contributed by atoms with E-state index in [9.17, 15) is 5.11 Å². The molecule has 0 amide bonds. The molecule has 3 nitrogen and oxygen atoms in total. The molecule has 19 heavy (non-hydrogen) atoms. The average molecular weight is 284 g/mol. The normalized spacial score (nSPS) is 16.8. The van der Waals surface area contributed by atoms with Crippen molar-refractivity contribution in [2.24, 2.45) is 5.92 Å². The maximum absolute atomic E-state index is 10.1.